The third-order valence-corrected chi connectivity index (χ3v) is 2.88. The molecule has 7 heteroatoms. The van der Waals surface area contributed by atoms with Crippen molar-refractivity contribution in [1.29, 1.82) is 0 Å². The van der Waals surface area contributed by atoms with E-state index in [1.807, 2.05) is 0 Å². The van der Waals surface area contributed by atoms with Crippen molar-refractivity contribution in [1.82, 2.24) is 10.3 Å². The van der Waals surface area contributed by atoms with Crippen molar-refractivity contribution in [3.63, 3.8) is 0 Å². The first-order chi connectivity index (χ1) is 10.7. The van der Waals surface area contributed by atoms with E-state index < -0.39 is 6.03 Å². The van der Waals surface area contributed by atoms with E-state index in [2.05, 4.69) is 15.6 Å². The number of anilines is 1. The van der Waals surface area contributed by atoms with Gasteiger partial charge in [-0.2, -0.15) is 0 Å². The lowest BCUT2D eigenvalue weighted by Crippen LogP contribution is -2.30. The number of nitrogens with one attached hydrogen (secondary N) is 2. The number of alkyl halides is 1. The average Bonchev–Trinajstić information content (AvgIpc) is 2.53. The first-order valence-corrected chi connectivity index (χ1v) is 7.15. The Morgan fingerprint density at radius 3 is 2.77 bits per heavy atom. The first-order valence-electron chi connectivity index (χ1n) is 6.62. The fourth-order valence-corrected chi connectivity index (χ4v) is 1.75. The summed E-state index contributed by atoms with van der Waals surface area (Å²) in [5, 5.41) is 5.15. The Bertz CT molecular complexity index is 622. The highest BCUT2D eigenvalue weighted by Gasteiger charge is 2.08. The summed E-state index contributed by atoms with van der Waals surface area (Å²) in [5.41, 5.74) is 0.808. The second-order valence-electron chi connectivity index (χ2n) is 4.34. The molecule has 2 aromatic rings. The van der Waals surface area contributed by atoms with E-state index in [9.17, 15) is 9.18 Å². The van der Waals surface area contributed by atoms with Crippen molar-refractivity contribution >= 4 is 23.4 Å². The van der Waals surface area contributed by atoms with Crippen LogP contribution >= 0.6 is 11.6 Å². The fourth-order valence-electron chi connectivity index (χ4n) is 1.66. The van der Waals surface area contributed by atoms with Crippen LogP contribution in [0.4, 0.5) is 15.0 Å². The van der Waals surface area contributed by atoms with Crippen LogP contribution in [0.2, 0.25) is 0 Å². The van der Waals surface area contributed by atoms with Crippen molar-refractivity contribution < 1.29 is 13.9 Å². The van der Waals surface area contributed by atoms with Crippen LogP contribution < -0.4 is 15.4 Å². The second-order valence-corrected chi connectivity index (χ2v) is 4.71. The SMILES string of the molecule is O=C(NCCCl)Nc1ncccc1OCc1ccc(F)cc1. The van der Waals surface area contributed by atoms with Gasteiger partial charge in [0, 0.05) is 18.6 Å². The van der Waals surface area contributed by atoms with Crippen LogP contribution in [0.25, 0.3) is 0 Å². The summed E-state index contributed by atoms with van der Waals surface area (Å²) in [6.07, 6.45) is 1.54. The summed E-state index contributed by atoms with van der Waals surface area (Å²) in [4.78, 5) is 15.7. The van der Waals surface area contributed by atoms with E-state index >= 15 is 0 Å². The van der Waals surface area contributed by atoms with Gasteiger partial charge >= 0.3 is 6.03 Å². The second kappa shape index (κ2) is 8.19. The zero-order chi connectivity index (χ0) is 15.8. The van der Waals surface area contributed by atoms with Crippen molar-refractivity contribution in [2.75, 3.05) is 17.7 Å². The molecule has 0 radical (unpaired) electrons. The summed E-state index contributed by atoms with van der Waals surface area (Å²) in [6.45, 7) is 0.593. The molecular weight excluding hydrogens is 309 g/mol. The number of ether oxygens (including phenoxy) is 1. The van der Waals surface area contributed by atoms with Gasteiger partial charge in [-0.3, -0.25) is 5.32 Å². The lowest BCUT2D eigenvalue weighted by molar-refractivity contribution is 0.252. The minimum atomic E-state index is -0.411. The van der Waals surface area contributed by atoms with Crippen LogP contribution in [0.15, 0.2) is 42.6 Å². The number of carbonyl (C=O) groups excluding carboxylic acids is 1. The molecule has 0 unspecified atom stereocenters. The standard InChI is InChI=1S/C15H15ClFN3O2/c16-7-9-19-15(21)20-14-13(2-1-8-18-14)22-10-11-3-5-12(17)6-4-11/h1-6,8H,7,9-10H2,(H2,18,19,20,21). The molecule has 1 aromatic carbocycles. The van der Waals surface area contributed by atoms with E-state index in [4.69, 9.17) is 16.3 Å². The van der Waals surface area contributed by atoms with Gasteiger partial charge in [0.1, 0.15) is 12.4 Å². The van der Waals surface area contributed by atoms with Gasteiger partial charge in [-0.05, 0) is 29.8 Å². The molecule has 0 saturated carbocycles. The number of halogens is 2. The number of urea groups is 1. The predicted octanol–water partition coefficient (Wildman–Crippen LogP) is 3.16. The lowest BCUT2D eigenvalue weighted by Gasteiger charge is -2.11. The van der Waals surface area contributed by atoms with Crippen LogP contribution in [0.5, 0.6) is 5.75 Å². The number of amides is 2. The Morgan fingerprint density at radius 1 is 1.27 bits per heavy atom. The molecule has 0 spiro atoms. The molecule has 1 heterocycles. The molecule has 2 N–H and O–H groups in total. The zero-order valence-electron chi connectivity index (χ0n) is 11.7. The van der Waals surface area contributed by atoms with Gasteiger partial charge in [0.2, 0.25) is 0 Å². The van der Waals surface area contributed by atoms with Crippen LogP contribution in [0.1, 0.15) is 5.56 Å². The predicted molar refractivity (Wildman–Crippen MR) is 82.7 cm³/mol. The summed E-state index contributed by atoms with van der Waals surface area (Å²) < 4.78 is 18.5. The highest BCUT2D eigenvalue weighted by molar-refractivity contribution is 6.18. The van der Waals surface area contributed by atoms with Gasteiger partial charge in [0.15, 0.2) is 11.6 Å². The number of benzene rings is 1. The Morgan fingerprint density at radius 2 is 2.05 bits per heavy atom. The normalized spacial score (nSPS) is 10.1. The van der Waals surface area contributed by atoms with Crippen molar-refractivity contribution in [2.45, 2.75) is 6.61 Å². The Kier molecular flexibility index (Phi) is 5.97. The number of carbonyl (C=O) groups is 1. The Labute approximate surface area is 132 Å². The Hall–Kier alpha value is -2.34. The molecule has 0 aliphatic carbocycles. The number of aromatic nitrogens is 1. The largest absolute Gasteiger partial charge is 0.485 e. The minimum Gasteiger partial charge on any atom is -0.485 e. The topological polar surface area (TPSA) is 63.2 Å². The highest BCUT2D eigenvalue weighted by Crippen LogP contribution is 2.22. The number of hydrogen-bond acceptors (Lipinski definition) is 3. The molecule has 0 bridgehead atoms. The molecule has 2 amide bonds. The van der Waals surface area contributed by atoms with E-state index in [0.29, 0.717) is 24.0 Å². The average molecular weight is 324 g/mol. The van der Waals surface area contributed by atoms with E-state index in [-0.39, 0.29) is 12.4 Å². The molecule has 1 aromatic heterocycles. The van der Waals surface area contributed by atoms with Crippen molar-refractivity contribution in [3.05, 3.63) is 54.0 Å². The van der Waals surface area contributed by atoms with Gasteiger partial charge in [0.05, 0.1) is 0 Å². The summed E-state index contributed by atoms with van der Waals surface area (Å²) in [6, 6.07) is 8.96. The summed E-state index contributed by atoms with van der Waals surface area (Å²) >= 11 is 5.50. The molecule has 0 aliphatic rings. The number of hydrogen-bond donors (Lipinski definition) is 2. The van der Waals surface area contributed by atoms with E-state index in [0.717, 1.165) is 5.56 Å². The summed E-state index contributed by atoms with van der Waals surface area (Å²) in [7, 11) is 0. The van der Waals surface area contributed by atoms with E-state index in [1.54, 1.807) is 30.5 Å². The quantitative estimate of drug-likeness (QED) is 0.803. The number of nitrogens with zero attached hydrogens (tertiary/aromatic N) is 1. The molecule has 0 atom stereocenters. The van der Waals surface area contributed by atoms with Gasteiger partial charge in [-0.1, -0.05) is 12.1 Å². The monoisotopic (exact) mass is 323 g/mol. The molecule has 0 fully saturated rings. The molecule has 0 saturated heterocycles. The van der Waals surface area contributed by atoms with Crippen LogP contribution in [-0.4, -0.2) is 23.4 Å². The van der Waals surface area contributed by atoms with Gasteiger partial charge in [-0.25, -0.2) is 14.2 Å². The Balaban J connectivity index is 1.98. The van der Waals surface area contributed by atoms with Gasteiger partial charge < -0.3 is 10.1 Å². The third kappa shape index (κ3) is 4.89. The zero-order valence-corrected chi connectivity index (χ0v) is 12.4. The van der Waals surface area contributed by atoms with Crippen molar-refractivity contribution in [2.24, 2.45) is 0 Å². The fraction of sp³-hybridized carbons (Fsp3) is 0.200. The van der Waals surface area contributed by atoms with Crippen LogP contribution in [0, 0.1) is 5.82 Å². The third-order valence-electron chi connectivity index (χ3n) is 2.69. The first kappa shape index (κ1) is 16.0. The van der Waals surface area contributed by atoms with Gasteiger partial charge in [-0.15, -0.1) is 11.6 Å². The number of rotatable bonds is 6. The molecule has 116 valence electrons. The smallest absolute Gasteiger partial charge is 0.320 e. The van der Waals surface area contributed by atoms with Crippen molar-refractivity contribution in [3.8, 4) is 5.75 Å². The molecule has 22 heavy (non-hydrogen) atoms. The van der Waals surface area contributed by atoms with Gasteiger partial charge in [0.25, 0.3) is 0 Å². The highest BCUT2D eigenvalue weighted by atomic mass is 35.5. The lowest BCUT2D eigenvalue weighted by atomic mass is 10.2. The molecule has 2 rings (SSSR count). The maximum Gasteiger partial charge on any atom is 0.320 e. The minimum absolute atomic E-state index is 0.240. The maximum atomic E-state index is 12.8. The van der Waals surface area contributed by atoms with Crippen LogP contribution in [0.3, 0.4) is 0 Å². The molecule has 5 nitrogen and oxygen atoms in total. The number of pyridine rings is 1. The maximum absolute atomic E-state index is 12.8. The van der Waals surface area contributed by atoms with Crippen LogP contribution in [-0.2, 0) is 6.61 Å². The summed E-state index contributed by atoms with van der Waals surface area (Å²) in [5.74, 6) is 0.747. The molecular formula is C15H15ClFN3O2. The molecule has 0 aliphatic heterocycles. The van der Waals surface area contributed by atoms with E-state index in [1.165, 1.54) is 12.1 Å².